The van der Waals surface area contributed by atoms with E-state index in [0.29, 0.717) is 34.7 Å². The molecule has 2 heterocycles. The van der Waals surface area contributed by atoms with E-state index < -0.39 is 5.25 Å². The van der Waals surface area contributed by atoms with Crippen LogP contribution in [0.3, 0.4) is 0 Å². The van der Waals surface area contributed by atoms with E-state index in [1.54, 1.807) is 24.3 Å². The van der Waals surface area contributed by atoms with Crippen molar-refractivity contribution in [3.05, 3.63) is 53.1 Å². The normalized spacial score (nSPS) is 18.3. The molecule has 1 atom stereocenters. The summed E-state index contributed by atoms with van der Waals surface area (Å²) in [4.78, 5) is 31.2. The van der Waals surface area contributed by atoms with Crippen molar-refractivity contribution in [3.63, 3.8) is 0 Å². The Hall–Kier alpha value is -2.71. The molecule has 156 valence electrons. The summed E-state index contributed by atoms with van der Waals surface area (Å²) in [5.41, 5.74) is 1.49. The molecule has 7 nitrogen and oxygen atoms in total. The maximum atomic E-state index is 12.9. The van der Waals surface area contributed by atoms with Crippen LogP contribution in [0, 0.1) is 0 Å². The maximum Gasteiger partial charge on any atom is 0.247 e. The van der Waals surface area contributed by atoms with Crippen LogP contribution in [0.25, 0.3) is 0 Å². The van der Waals surface area contributed by atoms with Gasteiger partial charge in [0.25, 0.3) is 0 Å². The van der Waals surface area contributed by atoms with Gasteiger partial charge in [-0.05, 0) is 48.9 Å². The van der Waals surface area contributed by atoms with E-state index in [4.69, 9.17) is 21.1 Å². The van der Waals surface area contributed by atoms with E-state index in [2.05, 4.69) is 10.3 Å². The quantitative estimate of drug-likeness (QED) is 0.430. The first kappa shape index (κ1) is 20.6. The second-order valence-electron chi connectivity index (χ2n) is 6.69. The number of anilines is 1. The highest BCUT2D eigenvalue weighted by molar-refractivity contribution is 8.15. The third kappa shape index (κ3) is 4.39. The van der Waals surface area contributed by atoms with Crippen molar-refractivity contribution in [2.45, 2.75) is 25.1 Å². The van der Waals surface area contributed by atoms with Gasteiger partial charge in [0.2, 0.25) is 18.6 Å². The summed E-state index contributed by atoms with van der Waals surface area (Å²) in [6.07, 6.45) is 0.126. The molecule has 0 aliphatic carbocycles. The predicted molar refractivity (Wildman–Crippen MR) is 117 cm³/mol. The number of amidine groups is 1. The van der Waals surface area contributed by atoms with Crippen molar-refractivity contribution in [2.24, 2.45) is 4.99 Å². The van der Waals surface area contributed by atoms with Crippen LogP contribution in [0.15, 0.2) is 47.5 Å². The third-order valence-electron chi connectivity index (χ3n) is 4.61. The number of nitrogens with one attached hydrogen (secondary N) is 1. The number of aliphatic imine (C=N–C) groups is 1. The Morgan fingerprint density at radius 1 is 1.20 bits per heavy atom. The molecule has 2 aromatic carbocycles. The number of rotatable bonds is 5. The molecule has 2 aliphatic rings. The van der Waals surface area contributed by atoms with Gasteiger partial charge in [0.05, 0.1) is 12.2 Å². The van der Waals surface area contributed by atoms with E-state index in [-0.39, 0.29) is 25.0 Å². The lowest BCUT2D eigenvalue weighted by atomic mass is 10.2. The molecule has 4 rings (SSSR count). The van der Waals surface area contributed by atoms with Gasteiger partial charge in [-0.15, -0.1) is 0 Å². The molecule has 0 spiro atoms. The molecular formula is C21H20ClN3O4S. The van der Waals surface area contributed by atoms with Crippen molar-refractivity contribution in [1.29, 1.82) is 0 Å². The standard InChI is InChI=1S/C21H20ClN3O4S/c1-2-23-21(24-11-13-3-8-16-17(9-13)29-12-28-16)30-18-10-19(26)25(20(18)27)15-6-4-14(22)5-7-15/h3-9,18H,2,10-12H2,1H3,(H,23,24)/t18-/m0/s1. The minimum atomic E-state index is -0.525. The Labute approximate surface area is 183 Å². The number of hydrogen-bond donors (Lipinski definition) is 1. The molecular weight excluding hydrogens is 426 g/mol. The molecule has 2 aromatic rings. The summed E-state index contributed by atoms with van der Waals surface area (Å²) in [6.45, 7) is 3.26. The average molecular weight is 446 g/mol. The number of halogens is 1. The number of fused-ring (bicyclic) bond motifs is 1. The molecule has 1 fully saturated rings. The van der Waals surface area contributed by atoms with Crippen LogP contribution in [0.4, 0.5) is 5.69 Å². The summed E-state index contributed by atoms with van der Waals surface area (Å²) in [6, 6.07) is 12.3. The number of amides is 2. The first-order valence-corrected chi connectivity index (χ1v) is 10.8. The highest BCUT2D eigenvalue weighted by atomic mass is 35.5. The van der Waals surface area contributed by atoms with Gasteiger partial charge in [0.1, 0.15) is 5.25 Å². The molecule has 0 bridgehead atoms. The van der Waals surface area contributed by atoms with E-state index in [9.17, 15) is 9.59 Å². The van der Waals surface area contributed by atoms with Crippen LogP contribution in [0.1, 0.15) is 18.9 Å². The molecule has 1 saturated heterocycles. The van der Waals surface area contributed by atoms with Crippen molar-refractivity contribution in [3.8, 4) is 11.5 Å². The molecule has 0 saturated carbocycles. The Bertz CT molecular complexity index is 996. The Morgan fingerprint density at radius 2 is 1.97 bits per heavy atom. The molecule has 9 heteroatoms. The van der Waals surface area contributed by atoms with Crippen molar-refractivity contribution in [1.82, 2.24) is 5.32 Å². The summed E-state index contributed by atoms with van der Waals surface area (Å²) in [5.74, 6) is 0.948. The van der Waals surface area contributed by atoms with Crippen LogP contribution in [0.2, 0.25) is 5.02 Å². The molecule has 0 radical (unpaired) electrons. The van der Waals surface area contributed by atoms with Crippen molar-refractivity contribution >= 4 is 46.0 Å². The van der Waals surface area contributed by atoms with Crippen LogP contribution in [0.5, 0.6) is 11.5 Å². The Morgan fingerprint density at radius 3 is 2.73 bits per heavy atom. The number of thioether (sulfide) groups is 1. The largest absolute Gasteiger partial charge is 0.454 e. The van der Waals surface area contributed by atoms with E-state index in [1.165, 1.54) is 16.7 Å². The number of carbonyl (C=O) groups is 2. The number of imide groups is 1. The lowest BCUT2D eigenvalue weighted by Crippen LogP contribution is -2.32. The highest BCUT2D eigenvalue weighted by Crippen LogP contribution is 2.33. The molecule has 2 aliphatic heterocycles. The van der Waals surface area contributed by atoms with Gasteiger partial charge < -0.3 is 14.8 Å². The summed E-state index contributed by atoms with van der Waals surface area (Å²) >= 11 is 7.19. The van der Waals surface area contributed by atoms with Gasteiger partial charge >= 0.3 is 0 Å². The number of ether oxygens (including phenoxy) is 2. The highest BCUT2D eigenvalue weighted by Gasteiger charge is 2.40. The van der Waals surface area contributed by atoms with Gasteiger partial charge in [-0.2, -0.15) is 0 Å². The fraction of sp³-hybridized carbons (Fsp3) is 0.286. The monoisotopic (exact) mass is 445 g/mol. The number of benzene rings is 2. The lowest BCUT2D eigenvalue weighted by molar-refractivity contribution is -0.121. The van der Waals surface area contributed by atoms with Crippen LogP contribution < -0.4 is 19.7 Å². The third-order valence-corrected chi connectivity index (χ3v) is 6.02. The second kappa shape index (κ2) is 8.97. The summed E-state index contributed by atoms with van der Waals surface area (Å²) in [7, 11) is 0. The number of carbonyl (C=O) groups excluding carboxylic acids is 2. The average Bonchev–Trinajstić information content (AvgIpc) is 3.31. The molecule has 0 unspecified atom stereocenters. The zero-order valence-corrected chi connectivity index (χ0v) is 17.8. The molecule has 1 N–H and O–H groups in total. The lowest BCUT2D eigenvalue weighted by Gasteiger charge is -2.15. The molecule has 30 heavy (non-hydrogen) atoms. The topological polar surface area (TPSA) is 80.2 Å². The van der Waals surface area contributed by atoms with Gasteiger partial charge in [-0.3, -0.25) is 14.6 Å². The predicted octanol–water partition coefficient (Wildman–Crippen LogP) is 3.60. The zero-order valence-electron chi connectivity index (χ0n) is 16.3. The Kier molecular flexibility index (Phi) is 6.15. The zero-order chi connectivity index (χ0) is 21.1. The summed E-state index contributed by atoms with van der Waals surface area (Å²) < 4.78 is 10.7. The second-order valence-corrected chi connectivity index (χ2v) is 8.32. The van der Waals surface area contributed by atoms with Gasteiger partial charge in [0.15, 0.2) is 16.7 Å². The first-order chi connectivity index (χ1) is 14.5. The fourth-order valence-electron chi connectivity index (χ4n) is 3.18. The minimum Gasteiger partial charge on any atom is -0.454 e. The smallest absolute Gasteiger partial charge is 0.247 e. The first-order valence-electron chi connectivity index (χ1n) is 9.51. The van der Waals surface area contributed by atoms with Gasteiger partial charge in [-0.1, -0.05) is 29.4 Å². The summed E-state index contributed by atoms with van der Waals surface area (Å²) in [5, 5.41) is 3.84. The molecule has 2 amide bonds. The molecule has 0 aromatic heterocycles. The fourth-order valence-corrected chi connectivity index (χ4v) is 4.38. The SMILES string of the molecule is CCNC(=NCc1ccc2c(c1)OCO2)S[C@H]1CC(=O)N(c2ccc(Cl)cc2)C1=O. The van der Waals surface area contributed by atoms with E-state index in [1.807, 2.05) is 25.1 Å². The van der Waals surface area contributed by atoms with E-state index in [0.717, 1.165) is 11.3 Å². The van der Waals surface area contributed by atoms with Crippen LogP contribution >= 0.6 is 23.4 Å². The maximum absolute atomic E-state index is 12.9. The number of hydrogen-bond acceptors (Lipinski definition) is 6. The van der Waals surface area contributed by atoms with Crippen LogP contribution in [-0.4, -0.2) is 35.6 Å². The van der Waals surface area contributed by atoms with Crippen LogP contribution in [-0.2, 0) is 16.1 Å². The van der Waals surface area contributed by atoms with Crippen molar-refractivity contribution < 1.29 is 19.1 Å². The van der Waals surface area contributed by atoms with Gasteiger partial charge in [-0.25, -0.2) is 4.90 Å². The minimum absolute atomic E-state index is 0.126. The van der Waals surface area contributed by atoms with Crippen molar-refractivity contribution in [2.75, 3.05) is 18.2 Å². The Balaban J connectivity index is 1.46. The number of nitrogens with zero attached hydrogens (tertiary/aromatic N) is 2. The van der Waals surface area contributed by atoms with E-state index >= 15 is 0 Å². The van der Waals surface area contributed by atoms with Gasteiger partial charge in [0, 0.05) is 18.0 Å².